The van der Waals surface area contributed by atoms with Crippen LogP contribution in [-0.2, 0) is 4.74 Å². The maximum absolute atomic E-state index is 8.26. The summed E-state index contributed by atoms with van der Waals surface area (Å²) in [5.74, 6) is 0. The Morgan fingerprint density at radius 2 is 2.33 bits per heavy atom. The Balaban J connectivity index is 2.19. The zero-order valence-corrected chi connectivity index (χ0v) is 5.68. The van der Waals surface area contributed by atoms with Crippen molar-refractivity contribution in [1.82, 2.24) is 0 Å². The summed E-state index contributed by atoms with van der Waals surface area (Å²) in [5.41, 5.74) is 0.329. The Kier molecular flexibility index (Phi) is 1.73. The summed E-state index contributed by atoms with van der Waals surface area (Å²) in [4.78, 5) is 0. The lowest BCUT2D eigenvalue weighted by molar-refractivity contribution is -0.104. The summed E-state index contributed by atoms with van der Waals surface area (Å²) >= 11 is 0. The third-order valence-electron chi connectivity index (χ3n) is 1.74. The van der Waals surface area contributed by atoms with Crippen LogP contribution in [0.1, 0.15) is 19.8 Å². The van der Waals surface area contributed by atoms with Crippen molar-refractivity contribution in [2.24, 2.45) is 5.41 Å². The average Bonchev–Trinajstić information content (AvgIpc) is 1.79. The van der Waals surface area contributed by atoms with Crippen LogP contribution in [-0.4, -0.2) is 13.2 Å². The lowest BCUT2D eigenvalue weighted by Gasteiger charge is -2.37. The second kappa shape index (κ2) is 2.36. The Bertz CT molecular complexity index is 132. The SMILES string of the molecule is CC1(CCC#N)COC1. The summed E-state index contributed by atoms with van der Waals surface area (Å²) in [5, 5.41) is 8.26. The molecule has 1 saturated heterocycles. The average molecular weight is 125 g/mol. The molecule has 0 radical (unpaired) electrons. The monoisotopic (exact) mass is 125 g/mol. The van der Waals surface area contributed by atoms with E-state index in [1.165, 1.54) is 0 Å². The maximum Gasteiger partial charge on any atom is 0.0621 e. The van der Waals surface area contributed by atoms with E-state index >= 15 is 0 Å². The van der Waals surface area contributed by atoms with E-state index in [0.717, 1.165) is 19.6 Å². The van der Waals surface area contributed by atoms with Gasteiger partial charge in [0.05, 0.1) is 19.3 Å². The summed E-state index contributed by atoms with van der Waals surface area (Å²) < 4.78 is 5.03. The minimum Gasteiger partial charge on any atom is -0.380 e. The zero-order chi connectivity index (χ0) is 6.74. The van der Waals surface area contributed by atoms with Crippen molar-refractivity contribution in [2.75, 3.05) is 13.2 Å². The first-order valence-corrected chi connectivity index (χ1v) is 3.22. The standard InChI is InChI=1S/C7H11NO/c1-7(3-2-4-8)5-9-6-7/h2-3,5-6H2,1H3. The van der Waals surface area contributed by atoms with Crippen molar-refractivity contribution in [1.29, 1.82) is 5.26 Å². The van der Waals surface area contributed by atoms with Crippen molar-refractivity contribution in [3.63, 3.8) is 0 Å². The lowest BCUT2D eigenvalue weighted by atomic mass is 9.84. The number of hydrogen-bond donors (Lipinski definition) is 0. The van der Waals surface area contributed by atoms with Crippen molar-refractivity contribution in [3.8, 4) is 6.07 Å². The first-order valence-electron chi connectivity index (χ1n) is 3.22. The maximum atomic E-state index is 8.26. The highest BCUT2D eigenvalue weighted by atomic mass is 16.5. The van der Waals surface area contributed by atoms with E-state index in [1.807, 2.05) is 0 Å². The molecule has 2 heteroatoms. The number of nitriles is 1. The Hall–Kier alpha value is -0.550. The molecule has 50 valence electrons. The van der Waals surface area contributed by atoms with Crippen LogP contribution in [0.25, 0.3) is 0 Å². The number of ether oxygens (including phenoxy) is 1. The van der Waals surface area contributed by atoms with E-state index in [4.69, 9.17) is 10.00 Å². The van der Waals surface area contributed by atoms with Gasteiger partial charge in [-0.05, 0) is 6.42 Å². The van der Waals surface area contributed by atoms with Gasteiger partial charge in [-0.2, -0.15) is 5.26 Å². The van der Waals surface area contributed by atoms with E-state index in [2.05, 4.69) is 13.0 Å². The second-order valence-electron chi connectivity index (χ2n) is 2.96. The van der Waals surface area contributed by atoms with Gasteiger partial charge in [-0.25, -0.2) is 0 Å². The van der Waals surface area contributed by atoms with Crippen LogP contribution in [0.5, 0.6) is 0 Å². The van der Waals surface area contributed by atoms with Crippen LogP contribution in [0.2, 0.25) is 0 Å². The molecule has 0 aromatic rings. The summed E-state index contributed by atoms with van der Waals surface area (Å²) in [6, 6.07) is 2.14. The molecule has 1 aliphatic rings. The molecule has 2 nitrogen and oxygen atoms in total. The molecule has 0 aromatic carbocycles. The highest BCUT2D eigenvalue weighted by Gasteiger charge is 2.32. The zero-order valence-electron chi connectivity index (χ0n) is 5.68. The topological polar surface area (TPSA) is 33.0 Å². The fourth-order valence-corrected chi connectivity index (χ4v) is 0.953. The summed E-state index contributed by atoms with van der Waals surface area (Å²) in [6.45, 7) is 3.84. The molecule has 0 aromatic heterocycles. The molecule has 0 N–H and O–H groups in total. The van der Waals surface area contributed by atoms with Gasteiger partial charge in [-0.15, -0.1) is 0 Å². The largest absolute Gasteiger partial charge is 0.380 e. The van der Waals surface area contributed by atoms with Gasteiger partial charge in [0.15, 0.2) is 0 Å². The number of hydrogen-bond acceptors (Lipinski definition) is 2. The highest BCUT2D eigenvalue weighted by Crippen LogP contribution is 2.31. The molecule has 0 unspecified atom stereocenters. The molecule has 0 aliphatic carbocycles. The van der Waals surface area contributed by atoms with Gasteiger partial charge < -0.3 is 4.74 Å². The molecule has 0 spiro atoms. The van der Waals surface area contributed by atoms with Gasteiger partial charge in [-0.3, -0.25) is 0 Å². The van der Waals surface area contributed by atoms with Gasteiger partial charge in [0.25, 0.3) is 0 Å². The lowest BCUT2D eigenvalue weighted by Crippen LogP contribution is -2.39. The van der Waals surface area contributed by atoms with Gasteiger partial charge in [0.2, 0.25) is 0 Å². The fourth-order valence-electron chi connectivity index (χ4n) is 0.953. The number of nitrogens with zero attached hydrogens (tertiary/aromatic N) is 1. The van der Waals surface area contributed by atoms with Crippen LogP contribution in [0.3, 0.4) is 0 Å². The summed E-state index contributed by atoms with van der Waals surface area (Å²) in [7, 11) is 0. The normalized spacial score (nSPS) is 22.2. The van der Waals surface area contributed by atoms with Crippen molar-refractivity contribution < 1.29 is 4.74 Å². The smallest absolute Gasteiger partial charge is 0.0621 e. The minimum atomic E-state index is 0.329. The molecule has 1 rings (SSSR count). The Labute approximate surface area is 55.4 Å². The Morgan fingerprint density at radius 1 is 1.67 bits per heavy atom. The quantitative estimate of drug-likeness (QED) is 0.557. The van der Waals surface area contributed by atoms with Gasteiger partial charge in [-0.1, -0.05) is 6.92 Å². The first kappa shape index (κ1) is 6.57. The number of rotatable bonds is 2. The predicted octanol–water partition coefficient (Wildman–Crippen LogP) is 1.33. The molecule has 1 heterocycles. The molecule has 1 aliphatic heterocycles. The van der Waals surface area contributed by atoms with E-state index in [9.17, 15) is 0 Å². The van der Waals surface area contributed by atoms with Gasteiger partial charge in [0, 0.05) is 11.8 Å². The van der Waals surface area contributed by atoms with Crippen LogP contribution in [0.15, 0.2) is 0 Å². The van der Waals surface area contributed by atoms with Crippen molar-refractivity contribution >= 4 is 0 Å². The molecular formula is C7H11NO. The molecule has 0 bridgehead atoms. The van der Waals surface area contributed by atoms with Gasteiger partial charge >= 0.3 is 0 Å². The van der Waals surface area contributed by atoms with Crippen molar-refractivity contribution in [2.45, 2.75) is 19.8 Å². The molecular weight excluding hydrogens is 114 g/mol. The Morgan fingerprint density at radius 3 is 2.67 bits per heavy atom. The van der Waals surface area contributed by atoms with Crippen LogP contribution in [0, 0.1) is 16.7 Å². The van der Waals surface area contributed by atoms with E-state index in [-0.39, 0.29) is 0 Å². The molecule has 0 atom stereocenters. The van der Waals surface area contributed by atoms with E-state index in [1.54, 1.807) is 0 Å². The third kappa shape index (κ3) is 1.43. The van der Waals surface area contributed by atoms with Crippen LogP contribution in [0.4, 0.5) is 0 Å². The fraction of sp³-hybridized carbons (Fsp3) is 0.857. The molecule has 0 amide bonds. The third-order valence-corrected chi connectivity index (χ3v) is 1.74. The first-order chi connectivity index (χ1) is 4.27. The predicted molar refractivity (Wildman–Crippen MR) is 33.8 cm³/mol. The molecule has 1 fully saturated rings. The minimum absolute atomic E-state index is 0.329. The van der Waals surface area contributed by atoms with Gasteiger partial charge in [0.1, 0.15) is 0 Å². The molecule has 0 saturated carbocycles. The second-order valence-corrected chi connectivity index (χ2v) is 2.96. The van der Waals surface area contributed by atoms with Crippen molar-refractivity contribution in [3.05, 3.63) is 0 Å². The van der Waals surface area contributed by atoms with E-state index < -0.39 is 0 Å². The van der Waals surface area contributed by atoms with Crippen LogP contribution >= 0.6 is 0 Å². The molecule has 9 heavy (non-hydrogen) atoms. The summed E-state index contributed by atoms with van der Waals surface area (Å²) in [6.07, 6.45) is 1.66. The highest BCUT2D eigenvalue weighted by molar-refractivity contribution is 4.84. The van der Waals surface area contributed by atoms with E-state index in [0.29, 0.717) is 11.8 Å². The van der Waals surface area contributed by atoms with Crippen LogP contribution < -0.4 is 0 Å².